The average molecular weight is 316 g/mol. The minimum atomic E-state index is -1.29. The lowest BCUT2D eigenvalue weighted by atomic mass is 9.70. The van der Waals surface area contributed by atoms with Gasteiger partial charge in [0.25, 0.3) is 0 Å². The lowest BCUT2D eigenvalue weighted by molar-refractivity contribution is 0.126. The van der Waals surface area contributed by atoms with Crippen molar-refractivity contribution < 1.29 is 0 Å². The summed E-state index contributed by atoms with van der Waals surface area (Å²) in [5, 5.41) is 5.70. The average Bonchev–Trinajstić information content (AvgIpc) is 3.12. The summed E-state index contributed by atoms with van der Waals surface area (Å²) in [6, 6.07) is 0.850. The van der Waals surface area contributed by atoms with Crippen LogP contribution in [0.3, 0.4) is 0 Å². The Bertz CT molecular complexity index is 492. The maximum Gasteiger partial charge on any atom is 0.0794 e. The van der Waals surface area contributed by atoms with E-state index in [-0.39, 0.29) is 0 Å². The monoisotopic (exact) mass is 315 g/mol. The molecule has 0 aromatic rings. The summed E-state index contributed by atoms with van der Waals surface area (Å²) in [7, 11) is -1.29. The molecule has 0 radical (unpaired) electrons. The van der Waals surface area contributed by atoms with Crippen LogP contribution in [0.25, 0.3) is 0 Å². The summed E-state index contributed by atoms with van der Waals surface area (Å²) in [5.41, 5.74) is 1.02. The first-order valence-corrected chi connectivity index (χ1v) is 12.7. The minimum absolute atomic E-state index is 0.850. The van der Waals surface area contributed by atoms with E-state index in [1.54, 1.807) is 0 Å². The maximum absolute atomic E-state index is 3.88. The molecule has 2 saturated carbocycles. The Hall–Kier alpha value is -0.343. The lowest BCUT2D eigenvalue weighted by Gasteiger charge is -2.46. The quantitative estimate of drug-likeness (QED) is 0.713. The number of piperidine rings is 1. The predicted octanol–water partition coefficient (Wildman–Crippen LogP) is 4.92. The van der Waals surface area contributed by atoms with Crippen LogP contribution in [-0.2, 0) is 0 Å². The first-order valence-electron chi connectivity index (χ1n) is 9.67. The number of fused-ring (bicyclic) bond motifs is 2. The van der Waals surface area contributed by atoms with E-state index in [1.807, 2.05) is 5.20 Å². The third-order valence-corrected chi connectivity index (χ3v) is 12.3. The molecule has 0 spiro atoms. The molecule has 22 heavy (non-hydrogen) atoms. The van der Waals surface area contributed by atoms with E-state index >= 15 is 0 Å². The van der Waals surface area contributed by atoms with Crippen LogP contribution in [0, 0.1) is 23.7 Å². The van der Waals surface area contributed by atoms with Crippen molar-refractivity contribution in [2.45, 2.75) is 70.1 Å². The Kier molecular flexibility index (Phi) is 3.89. The van der Waals surface area contributed by atoms with E-state index in [0.717, 1.165) is 35.3 Å². The molecule has 1 saturated heterocycles. The Morgan fingerprint density at radius 3 is 2.77 bits per heavy atom. The maximum atomic E-state index is 3.88. The predicted molar refractivity (Wildman–Crippen MR) is 97.6 cm³/mol. The SMILES string of the molecule is CC1CC2CC3CCCNC3CC2C1[Si](C)(C)C1=CC=CC1. The molecule has 4 rings (SSSR count). The molecule has 1 heterocycles. The number of hydrogen-bond donors (Lipinski definition) is 1. The van der Waals surface area contributed by atoms with Crippen LogP contribution >= 0.6 is 0 Å². The van der Waals surface area contributed by atoms with E-state index < -0.39 is 8.07 Å². The van der Waals surface area contributed by atoms with Gasteiger partial charge in [0.05, 0.1) is 8.07 Å². The Morgan fingerprint density at radius 2 is 2.00 bits per heavy atom. The minimum Gasteiger partial charge on any atom is -0.314 e. The van der Waals surface area contributed by atoms with Gasteiger partial charge in [-0.05, 0) is 74.3 Å². The van der Waals surface area contributed by atoms with E-state index in [2.05, 4.69) is 43.6 Å². The third kappa shape index (κ3) is 2.38. The van der Waals surface area contributed by atoms with Crippen molar-refractivity contribution in [1.82, 2.24) is 5.32 Å². The smallest absolute Gasteiger partial charge is 0.0794 e. The van der Waals surface area contributed by atoms with Gasteiger partial charge < -0.3 is 5.32 Å². The zero-order valence-electron chi connectivity index (χ0n) is 14.6. The molecule has 2 heteroatoms. The van der Waals surface area contributed by atoms with Crippen molar-refractivity contribution in [2.24, 2.45) is 23.7 Å². The second kappa shape index (κ2) is 5.63. The highest BCUT2D eigenvalue weighted by molar-refractivity contribution is 6.85. The lowest BCUT2D eigenvalue weighted by Crippen LogP contribution is -2.49. The standard InChI is InChI=1S/C20H33NSi/c1-14-11-16-12-15-7-6-10-21-19(15)13-18(16)20(14)22(2,3)17-8-4-5-9-17/h4-5,8,14-16,18-21H,6-7,9-13H2,1-3H3. The molecule has 0 aromatic carbocycles. The van der Waals surface area contributed by atoms with Gasteiger partial charge >= 0.3 is 0 Å². The summed E-state index contributed by atoms with van der Waals surface area (Å²) in [6.07, 6.45) is 15.9. The normalized spacial score (nSPS) is 44.6. The highest BCUT2D eigenvalue weighted by Gasteiger charge is 2.53. The zero-order valence-corrected chi connectivity index (χ0v) is 15.6. The van der Waals surface area contributed by atoms with Gasteiger partial charge in [-0.25, -0.2) is 0 Å². The highest BCUT2D eigenvalue weighted by Crippen LogP contribution is 2.59. The highest BCUT2D eigenvalue weighted by atomic mass is 28.3. The van der Waals surface area contributed by atoms with Gasteiger partial charge in [-0.3, -0.25) is 0 Å². The van der Waals surface area contributed by atoms with Crippen molar-refractivity contribution in [3.63, 3.8) is 0 Å². The number of hydrogen-bond acceptors (Lipinski definition) is 1. The number of nitrogens with one attached hydrogen (secondary N) is 1. The fourth-order valence-electron chi connectivity index (χ4n) is 6.77. The van der Waals surface area contributed by atoms with Crippen molar-refractivity contribution >= 4 is 8.07 Å². The fraction of sp³-hybridized carbons (Fsp3) is 0.800. The molecule has 122 valence electrons. The number of rotatable bonds is 2. The van der Waals surface area contributed by atoms with Crippen LogP contribution < -0.4 is 5.32 Å². The van der Waals surface area contributed by atoms with Crippen molar-refractivity contribution in [3.05, 3.63) is 23.4 Å². The second-order valence-electron chi connectivity index (χ2n) is 9.14. The van der Waals surface area contributed by atoms with Crippen molar-refractivity contribution in [3.8, 4) is 0 Å². The van der Waals surface area contributed by atoms with E-state index in [9.17, 15) is 0 Å². The van der Waals surface area contributed by atoms with Crippen LogP contribution in [0.5, 0.6) is 0 Å². The van der Waals surface area contributed by atoms with Crippen LogP contribution in [0.2, 0.25) is 18.6 Å². The van der Waals surface area contributed by atoms with Crippen LogP contribution in [-0.4, -0.2) is 20.7 Å². The molecule has 6 atom stereocenters. The molecular weight excluding hydrogens is 282 g/mol. The van der Waals surface area contributed by atoms with Gasteiger partial charge in [0.1, 0.15) is 0 Å². The Morgan fingerprint density at radius 1 is 1.14 bits per heavy atom. The zero-order chi connectivity index (χ0) is 15.3. The summed E-state index contributed by atoms with van der Waals surface area (Å²) in [6.45, 7) is 9.21. The van der Waals surface area contributed by atoms with Gasteiger partial charge in [0.15, 0.2) is 0 Å². The molecule has 6 unspecified atom stereocenters. The van der Waals surface area contributed by atoms with Crippen molar-refractivity contribution in [2.75, 3.05) is 6.54 Å². The number of allylic oxidation sites excluding steroid dienone is 4. The van der Waals surface area contributed by atoms with Crippen LogP contribution in [0.4, 0.5) is 0 Å². The van der Waals surface area contributed by atoms with E-state index in [4.69, 9.17) is 0 Å². The summed E-state index contributed by atoms with van der Waals surface area (Å²) < 4.78 is 0. The van der Waals surface area contributed by atoms with E-state index in [1.165, 1.54) is 45.1 Å². The van der Waals surface area contributed by atoms with E-state index in [0.29, 0.717) is 0 Å². The summed E-state index contributed by atoms with van der Waals surface area (Å²) >= 11 is 0. The van der Waals surface area contributed by atoms with Crippen LogP contribution in [0.1, 0.15) is 45.4 Å². The molecule has 3 aliphatic carbocycles. The van der Waals surface area contributed by atoms with Crippen molar-refractivity contribution in [1.29, 1.82) is 0 Å². The first kappa shape index (κ1) is 15.2. The molecular formula is C20H33NSi. The third-order valence-electron chi connectivity index (χ3n) is 7.65. The van der Waals surface area contributed by atoms with Gasteiger partial charge in [-0.15, -0.1) is 0 Å². The van der Waals surface area contributed by atoms with Gasteiger partial charge in [-0.2, -0.15) is 0 Å². The largest absolute Gasteiger partial charge is 0.314 e. The van der Waals surface area contributed by atoms with Gasteiger partial charge in [0.2, 0.25) is 0 Å². The topological polar surface area (TPSA) is 12.0 Å². The van der Waals surface area contributed by atoms with Crippen LogP contribution in [0.15, 0.2) is 23.4 Å². The Balaban J connectivity index is 1.58. The molecule has 1 nitrogen and oxygen atoms in total. The summed E-state index contributed by atoms with van der Waals surface area (Å²) in [5.74, 6) is 4.02. The summed E-state index contributed by atoms with van der Waals surface area (Å²) in [4.78, 5) is 0. The Labute approximate surface area is 137 Å². The van der Waals surface area contributed by atoms with Gasteiger partial charge in [-0.1, -0.05) is 43.4 Å². The van der Waals surface area contributed by atoms with Gasteiger partial charge in [0, 0.05) is 6.04 Å². The molecule has 3 fully saturated rings. The molecule has 0 aromatic heterocycles. The second-order valence-corrected chi connectivity index (χ2v) is 13.9. The molecule has 4 aliphatic rings. The fourth-order valence-corrected chi connectivity index (χ4v) is 11.4. The molecule has 0 amide bonds. The first-order chi connectivity index (χ1) is 10.6. The molecule has 1 aliphatic heterocycles. The molecule has 1 N–H and O–H groups in total. The molecule has 0 bridgehead atoms.